The first kappa shape index (κ1) is 39.6. The molecule has 0 fully saturated rings. The van der Waals surface area contributed by atoms with Crippen LogP contribution in [0.25, 0.3) is 99.8 Å². The topological polar surface area (TPSA) is 13.1 Å². The predicted molar refractivity (Wildman–Crippen MR) is 293 cm³/mol. The SMILES string of the molecule is Clc1ccc2c(c1)C1(c3ccccc3-c3cc(-c4ccc5oc6c(-c7cccc8c7-c7ccc(Cl)cc7C87c8ccccc8-c8ccccc87)cccc6c5c4)ccc31)c1cccc(-c3ccccc3)c1-2. The van der Waals surface area contributed by atoms with E-state index in [-0.39, 0.29) is 0 Å². The zero-order valence-corrected chi connectivity index (χ0v) is 39.6. The fourth-order valence-corrected chi connectivity index (χ4v) is 14.2. The second-order valence-electron chi connectivity index (χ2n) is 19.6. The van der Waals surface area contributed by atoms with E-state index in [9.17, 15) is 0 Å². The van der Waals surface area contributed by atoms with Crippen LogP contribution in [-0.4, -0.2) is 0 Å². The van der Waals surface area contributed by atoms with E-state index < -0.39 is 10.8 Å². The summed E-state index contributed by atoms with van der Waals surface area (Å²) in [4.78, 5) is 0. The molecular formula is C68H38Cl2O. The molecule has 0 N–H and O–H groups in total. The minimum absolute atomic E-state index is 0.506. The van der Waals surface area contributed by atoms with Gasteiger partial charge in [0.1, 0.15) is 11.2 Å². The van der Waals surface area contributed by atoms with Crippen LogP contribution in [0.2, 0.25) is 10.0 Å². The van der Waals surface area contributed by atoms with Crippen LogP contribution in [0.3, 0.4) is 0 Å². The summed E-state index contributed by atoms with van der Waals surface area (Å²) in [6.45, 7) is 0. The Labute approximate surface area is 420 Å². The van der Waals surface area contributed by atoms with Crippen LogP contribution < -0.4 is 0 Å². The molecule has 4 aliphatic carbocycles. The van der Waals surface area contributed by atoms with Gasteiger partial charge >= 0.3 is 0 Å². The number of hydrogen-bond acceptors (Lipinski definition) is 1. The first-order valence-electron chi connectivity index (χ1n) is 24.4. The van der Waals surface area contributed by atoms with Crippen LogP contribution in [-0.2, 0) is 10.8 Å². The van der Waals surface area contributed by atoms with Gasteiger partial charge in [-0.3, -0.25) is 0 Å². The maximum Gasteiger partial charge on any atom is 0.143 e. The summed E-state index contributed by atoms with van der Waals surface area (Å²) in [5, 5.41) is 3.66. The molecule has 0 radical (unpaired) electrons. The summed E-state index contributed by atoms with van der Waals surface area (Å²) in [6.07, 6.45) is 0. The van der Waals surface area contributed by atoms with E-state index in [2.05, 4.69) is 218 Å². The van der Waals surface area contributed by atoms with E-state index in [1.165, 1.54) is 100 Å². The third kappa shape index (κ3) is 4.97. The second-order valence-corrected chi connectivity index (χ2v) is 20.5. The third-order valence-corrected chi connectivity index (χ3v) is 16.9. The first-order chi connectivity index (χ1) is 35.0. The fourth-order valence-electron chi connectivity index (χ4n) is 13.8. The largest absolute Gasteiger partial charge is 0.455 e. The van der Waals surface area contributed by atoms with Crippen LogP contribution in [0.5, 0.6) is 0 Å². The molecule has 2 spiro atoms. The summed E-state index contributed by atoms with van der Waals surface area (Å²) in [5.74, 6) is 0. The predicted octanol–water partition coefficient (Wildman–Crippen LogP) is 18.6. The zero-order chi connectivity index (χ0) is 46.7. The molecule has 0 saturated heterocycles. The Morgan fingerprint density at radius 2 is 0.746 bits per heavy atom. The second kappa shape index (κ2) is 14.2. The summed E-state index contributed by atoms with van der Waals surface area (Å²) >= 11 is 13.9. The average molecular weight is 942 g/mol. The molecule has 1 atom stereocenters. The first-order valence-corrected chi connectivity index (χ1v) is 25.1. The molecule has 0 amide bonds. The van der Waals surface area contributed by atoms with Crippen LogP contribution in [0.1, 0.15) is 44.5 Å². The van der Waals surface area contributed by atoms with Gasteiger partial charge in [-0.05, 0) is 159 Å². The number of furan rings is 1. The van der Waals surface area contributed by atoms with Crippen molar-refractivity contribution in [2.24, 2.45) is 0 Å². The molecule has 16 rings (SSSR count). The molecule has 4 aliphatic rings. The lowest BCUT2D eigenvalue weighted by Crippen LogP contribution is -2.25. The smallest absolute Gasteiger partial charge is 0.143 e. The Bertz CT molecular complexity index is 4280. The van der Waals surface area contributed by atoms with Crippen molar-refractivity contribution in [2.45, 2.75) is 10.8 Å². The lowest BCUT2D eigenvalue weighted by molar-refractivity contribution is 0.670. The van der Waals surface area contributed by atoms with Crippen molar-refractivity contribution in [2.75, 3.05) is 0 Å². The van der Waals surface area contributed by atoms with Gasteiger partial charge in [0.25, 0.3) is 0 Å². The lowest BCUT2D eigenvalue weighted by atomic mass is 9.70. The molecule has 330 valence electrons. The highest BCUT2D eigenvalue weighted by molar-refractivity contribution is 6.31. The molecular weight excluding hydrogens is 904 g/mol. The molecule has 71 heavy (non-hydrogen) atoms. The van der Waals surface area contributed by atoms with Gasteiger partial charge in [-0.15, -0.1) is 0 Å². The van der Waals surface area contributed by atoms with E-state index in [0.717, 1.165) is 54.2 Å². The molecule has 0 bridgehead atoms. The Kier molecular flexibility index (Phi) is 7.93. The van der Waals surface area contributed by atoms with Gasteiger partial charge in [0.2, 0.25) is 0 Å². The van der Waals surface area contributed by atoms with Crippen molar-refractivity contribution in [3.8, 4) is 77.9 Å². The number of rotatable bonds is 3. The van der Waals surface area contributed by atoms with Crippen molar-refractivity contribution in [3.63, 3.8) is 0 Å². The fraction of sp³-hybridized carbons (Fsp3) is 0.0294. The lowest BCUT2D eigenvalue weighted by Gasteiger charge is -2.30. The molecule has 3 heteroatoms. The number of para-hydroxylation sites is 1. The van der Waals surface area contributed by atoms with Gasteiger partial charge in [0.05, 0.1) is 10.8 Å². The monoisotopic (exact) mass is 940 g/mol. The van der Waals surface area contributed by atoms with Crippen molar-refractivity contribution in [1.29, 1.82) is 0 Å². The quantitative estimate of drug-likeness (QED) is 0.172. The van der Waals surface area contributed by atoms with E-state index in [0.29, 0.717) is 0 Å². The van der Waals surface area contributed by atoms with Crippen LogP contribution >= 0.6 is 23.2 Å². The maximum atomic E-state index is 6.99. The minimum atomic E-state index is -0.527. The summed E-state index contributed by atoms with van der Waals surface area (Å²) in [6, 6.07) is 84.5. The molecule has 1 aromatic heterocycles. The maximum absolute atomic E-state index is 6.99. The molecule has 1 nitrogen and oxygen atoms in total. The standard InChI is InChI=1S/C68H38Cl2O/c69-42-29-31-51-61(37-42)68(59-25-11-18-44(64(51)59)39-13-2-1-3-14-39)57-24-9-6-17-47(57)53-35-40(27-33-58(53)68)41-28-34-63-54(36-41)50-21-10-20-49(66(50)71-63)48-19-12-26-60-65(48)52-32-30-43(70)38-62(52)67(60)55-22-7-4-15-45(55)46-16-5-8-23-56(46)67/h1-38H. The van der Waals surface area contributed by atoms with Crippen LogP contribution in [0.15, 0.2) is 235 Å². The summed E-state index contributed by atoms with van der Waals surface area (Å²) in [5.41, 5.74) is 27.8. The highest BCUT2D eigenvalue weighted by atomic mass is 35.5. The Balaban J connectivity index is 0.865. The Morgan fingerprint density at radius 3 is 1.39 bits per heavy atom. The van der Waals surface area contributed by atoms with Gasteiger partial charge in [-0.1, -0.05) is 211 Å². The number of hydrogen-bond donors (Lipinski definition) is 0. The van der Waals surface area contributed by atoms with Crippen molar-refractivity contribution >= 4 is 45.1 Å². The highest BCUT2D eigenvalue weighted by Gasteiger charge is 2.54. The van der Waals surface area contributed by atoms with Gasteiger partial charge in [0, 0.05) is 26.4 Å². The summed E-state index contributed by atoms with van der Waals surface area (Å²) in [7, 11) is 0. The van der Waals surface area contributed by atoms with Gasteiger partial charge in [-0.2, -0.15) is 0 Å². The number of halogens is 2. The molecule has 11 aromatic carbocycles. The van der Waals surface area contributed by atoms with Crippen molar-refractivity contribution in [3.05, 3.63) is 285 Å². The normalized spacial score (nSPS) is 15.6. The molecule has 1 heterocycles. The van der Waals surface area contributed by atoms with Gasteiger partial charge in [-0.25, -0.2) is 0 Å². The van der Waals surface area contributed by atoms with Gasteiger partial charge in [0.15, 0.2) is 0 Å². The molecule has 0 aliphatic heterocycles. The van der Waals surface area contributed by atoms with Crippen molar-refractivity contribution in [1.82, 2.24) is 0 Å². The van der Waals surface area contributed by atoms with E-state index in [4.69, 9.17) is 27.6 Å². The minimum Gasteiger partial charge on any atom is -0.455 e. The van der Waals surface area contributed by atoms with E-state index in [1.807, 2.05) is 12.1 Å². The molecule has 1 unspecified atom stereocenters. The number of fused-ring (bicyclic) bond motifs is 23. The Morgan fingerprint density at radius 1 is 0.268 bits per heavy atom. The number of benzene rings is 11. The average Bonchev–Trinajstić information content (AvgIpc) is 4.20. The Hall–Kier alpha value is -8.20. The third-order valence-electron chi connectivity index (χ3n) is 16.4. The van der Waals surface area contributed by atoms with Gasteiger partial charge < -0.3 is 4.42 Å². The molecule has 12 aromatic rings. The van der Waals surface area contributed by atoms with Crippen molar-refractivity contribution < 1.29 is 4.42 Å². The summed E-state index contributed by atoms with van der Waals surface area (Å²) < 4.78 is 6.99. The zero-order valence-electron chi connectivity index (χ0n) is 38.1. The van der Waals surface area contributed by atoms with E-state index >= 15 is 0 Å². The molecule has 0 saturated carbocycles. The van der Waals surface area contributed by atoms with E-state index in [1.54, 1.807) is 0 Å². The highest BCUT2D eigenvalue weighted by Crippen LogP contribution is 2.66. The van der Waals surface area contributed by atoms with Crippen LogP contribution in [0, 0.1) is 0 Å². The van der Waals surface area contributed by atoms with Crippen LogP contribution in [0.4, 0.5) is 0 Å².